The first-order valence-corrected chi connectivity index (χ1v) is 22.9. The summed E-state index contributed by atoms with van der Waals surface area (Å²) in [5, 5.41) is 71.8. The molecule has 14 nitrogen and oxygen atoms in total. The monoisotopic (exact) mass is 847 g/mol. The van der Waals surface area contributed by atoms with E-state index >= 15 is 0 Å². The topological polar surface area (TPSA) is 214 Å². The van der Waals surface area contributed by atoms with Gasteiger partial charge >= 0.3 is 5.97 Å². The SMILES string of the molecule is CCCC/C=C\C/C=C\CCCCCCCCOCC(COC1OC(COC2OC(CO)C(O)C(O)C2O)C(O)C(O)C1O)OC(=O)CCCCCCCCCCCC. The molecule has 2 aliphatic rings. The summed E-state index contributed by atoms with van der Waals surface area (Å²) in [6.45, 7) is 3.60. The lowest BCUT2D eigenvalue weighted by Gasteiger charge is -2.42. The minimum Gasteiger partial charge on any atom is -0.457 e. The summed E-state index contributed by atoms with van der Waals surface area (Å²) in [7, 11) is 0. The molecule has 59 heavy (non-hydrogen) atoms. The van der Waals surface area contributed by atoms with Gasteiger partial charge in [-0.25, -0.2) is 0 Å². The molecule has 2 fully saturated rings. The molecule has 0 radical (unpaired) electrons. The van der Waals surface area contributed by atoms with Crippen molar-refractivity contribution in [1.29, 1.82) is 0 Å². The summed E-state index contributed by atoms with van der Waals surface area (Å²) >= 11 is 0. The van der Waals surface area contributed by atoms with Crippen molar-refractivity contribution >= 4 is 5.97 Å². The van der Waals surface area contributed by atoms with E-state index < -0.39 is 80.7 Å². The molecule has 0 saturated carbocycles. The van der Waals surface area contributed by atoms with E-state index in [-0.39, 0.29) is 25.6 Å². The first-order valence-electron chi connectivity index (χ1n) is 22.9. The lowest BCUT2D eigenvalue weighted by molar-refractivity contribution is -0.332. The van der Waals surface area contributed by atoms with Crippen molar-refractivity contribution in [2.24, 2.45) is 0 Å². The van der Waals surface area contributed by atoms with E-state index in [1.807, 2.05) is 0 Å². The number of hydrogen-bond donors (Lipinski definition) is 7. The van der Waals surface area contributed by atoms with E-state index in [0.29, 0.717) is 13.0 Å². The van der Waals surface area contributed by atoms with E-state index in [0.717, 1.165) is 64.2 Å². The third-order valence-corrected chi connectivity index (χ3v) is 11.0. The van der Waals surface area contributed by atoms with Gasteiger partial charge < -0.3 is 64.2 Å². The number of aliphatic hydroxyl groups is 7. The van der Waals surface area contributed by atoms with Crippen molar-refractivity contribution in [3.05, 3.63) is 24.3 Å². The Morgan fingerprint density at radius 1 is 0.559 bits per heavy atom. The van der Waals surface area contributed by atoms with Crippen LogP contribution in [0, 0.1) is 0 Å². The molecule has 0 aromatic carbocycles. The lowest BCUT2D eigenvalue weighted by atomic mass is 9.98. The third-order valence-electron chi connectivity index (χ3n) is 11.0. The maximum absolute atomic E-state index is 12.9. The van der Waals surface area contributed by atoms with Gasteiger partial charge in [-0.3, -0.25) is 4.79 Å². The van der Waals surface area contributed by atoms with Gasteiger partial charge in [0.05, 0.1) is 26.4 Å². The Balaban J connectivity index is 1.81. The molecule has 14 heteroatoms. The summed E-state index contributed by atoms with van der Waals surface area (Å²) < 4.78 is 34.1. The maximum Gasteiger partial charge on any atom is 0.306 e. The summed E-state index contributed by atoms with van der Waals surface area (Å²) in [6.07, 6.45) is 16.8. The van der Waals surface area contributed by atoms with Crippen LogP contribution in [0.25, 0.3) is 0 Å². The van der Waals surface area contributed by atoms with Crippen LogP contribution in [0.2, 0.25) is 0 Å². The zero-order valence-corrected chi connectivity index (χ0v) is 36.2. The van der Waals surface area contributed by atoms with Crippen LogP contribution in [0.3, 0.4) is 0 Å². The van der Waals surface area contributed by atoms with Crippen molar-refractivity contribution in [2.45, 2.75) is 223 Å². The molecule has 0 aromatic rings. The predicted molar refractivity (Wildman–Crippen MR) is 224 cm³/mol. The molecule has 2 rings (SSSR count). The minimum atomic E-state index is -1.70. The molecule has 11 unspecified atom stereocenters. The zero-order chi connectivity index (χ0) is 43.1. The minimum absolute atomic E-state index is 0.0571. The van der Waals surface area contributed by atoms with Crippen LogP contribution >= 0.6 is 0 Å². The molecule has 11 atom stereocenters. The number of unbranched alkanes of at least 4 members (excludes halogenated alkanes) is 17. The van der Waals surface area contributed by atoms with Crippen molar-refractivity contribution in [2.75, 3.05) is 33.0 Å². The molecule has 0 amide bonds. The molecule has 7 N–H and O–H groups in total. The average Bonchev–Trinajstić information content (AvgIpc) is 3.23. The Morgan fingerprint density at radius 3 is 1.68 bits per heavy atom. The van der Waals surface area contributed by atoms with Gasteiger partial charge in [-0.05, 0) is 38.5 Å². The largest absolute Gasteiger partial charge is 0.457 e. The first-order chi connectivity index (χ1) is 28.6. The lowest BCUT2D eigenvalue weighted by Crippen LogP contribution is -2.61. The van der Waals surface area contributed by atoms with E-state index in [1.54, 1.807) is 0 Å². The Hall–Kier alpha value is -1.53. The summed E-state index contributed by atoms with van der Waals surface area (Å²) in [4.78, 5) is 12.9. The Bertz CT molecular complexity index is 1080. The van der Waals surface area contributed by atoms with Crippen LogP contribution < -0.4 is 0 Å². The summed E-state index contributed by atoms with van der Waals surface area (Å²) in [6, 6.07) is 0. The van der Waals surface area contributed by atoms with Crippen molar-refractivity contribution in [3.63, 3.8) is 0 Å². The molecule has 2 heterocycles. The van der Waals surface area contributed by atoms with Gasteiger partial charge in [0.25, 0.3) is 0 Å². The van der Waals surface area contributed by atoms with Crippen LogP contribution in [0.1, 0.15) is 155 Å². The molecule has 0 spiro atoms. The highest BCUT2D eigenvalue weighted by Gasteiger charge is 2.47. The molecule has 2 saturated heterocycles. The zero-order valence-electron chi connectivity index (χ0n) is 36.2. The Morgan fingerprint density at radius 2 is 1.07 bits per heavy atom. The second-order valence-corrected chi connectivity index (χ2v) is 16.2. The van der Waals surface area contributed by atoms with Crippen LogP contribution in [-0.2, 0) is 33.2 Å². The van der Waals surface area contributed by atoms with Crippen LogP contribution in [-0.4, -0.2) is 142 Å². The number of carbonyl (C=O) groups is 1. The molecule has 0 aromatic heterocycles. The second kappa shape index (κ2) is 34.0. The highest BCUT2D eigenvalue weighted by molar-refractivity contribution is 5.69. The smallest absolute Gasteiger partial charge is 0.306 e. The van der Waals surface area contributed by atoms with Crippen LogP contribution in [0.4, 0.5) is 0 Å². The fourth-order valence-corrected chi connectivity index (χ4v) is 7.12. The molecule has 0 aliphatic carbocycles. The van der Waals surface area contributed by atoms with Gasteiger partial charge in [0.2, 0.25) is 0 Å². The maximum atomic E-state index is 12.9. The number of allylic oxidation sites excluding steroid dienone is 4. The Labute approximate surface area is 354 Å². The van der Waals surface area contributed by atoms with Crippen LogP contribution in [0.5, 0.6) is 0 Å². The highest BCUT2D eigenvalue weighted by atomic mass is 16.7. The normalized spacial score (nSPS) is 28.2. The van der Waals surface area contributed by atoms with Crippen molar-refractivity contribution in [3.8, 4) is 0 Å². The fraction of sp³-hybridized carbons (Fsp3) is 0.889. The highest BCUT2D eigenvalue weighted by Crippen LogP contribution is 2.26. The van der Waals surface area contributed by atoms with Gasteiger partial charge in [0, 0.05) is 13.0 Å². The Kier molecular flexibility index (Phi) is 30.9. The number of carbonyl (C=O) groups excluding carboxylic acids is 1. The molecule has 346 valence electrons. The van der Waals surface area contributed by atoms with Gasteiger partial charge in [-0.1, -0.05) is 134 Å². The summed E-state index contributed by atoms with van der Waals surface area (Å²) in [5.74, 6) is -0.383. The average molecular weight is 847 g/mol. The van der Waals surface area contributed by atoms with E-state index in [4.69, 9.17) is 28.4 Å². The fourth-order valence-electron chi connectivity index (χ4n) is 7.12. The summed E-state index contributed by atoms with van der Waals surface area (Å²) in [5.41, 5.74) is 0. The van der Waals surface area contributed by atoms with Gasteiger partial charge in [0.15, 0.2) is 12.6 Å². The van der Waals surface area contributed by atoms with Crippen molar-refractivity contribution < 1.29 is 69.0 Å². The molecular weight excluding hydrogens is 764 g/mol. The number of esters is 1. The first kappa shape index (κ1) is 53.6. The van der Waals surface area contributed by atoms with Crippen LogP contribution in [0.15, 0.2) is 24.3 Å². The number of rotatable bonds is 35. The van der Waals surface area contributed by atoms with Crippen molar-refractivity contribution in [1.82, 2.24) is 0 Å². The predicted octanol–water partition coefficient (Wildman–Crippen LogP) is 5.29. The number of hydrogen-bond acceptors (Lipinski definition) is 14. The molecular formula is C45H82O14. The van der Waals surface area contributed by atoms with Gasteiger partial charge in [0.1, 0.15) is 54.9 Å². The third kappa shape index (κ3) is 22.9. The number of aliphatic hydroxyl groups excluding tert-OH is 7. The quantitative estimate of drug-likeness (QED) is 0.0246. The second-order valence-electron chi connectivity index (χ2n) is 16.2. The van der Waals surface area contributed by atoms with E-state index in [2.05, 4.69) is 38.2 Å². The molecule has 0 bridgehead atoms. The van der Waals surface area contributed by atoms with E-state index in [9.17, 15) is 40.5 Å². The van der Waals surface area contributed by atoms with E-state index in [1.165, 1.54) is 64.2 Å². The molecule has 2 aliphatic heterocycles. The standard InChI is InChI=1S/C45H82O14/c1-3-5-7-9-11-13-15-16-17-18-19-21-23-25-27-29-54-31-34(57-37(47)28-26-24-22-20-14-12-10-8-6-4-2)32-55-44-43(53)41(51)39(49)36(59-44)33-56-45-42(52)40(50)38(48)35(30-46)58-45/h9,11,15-16,34-36,38-46,48-53H,3-8,10,12-14,17-33H2,1-2H3/b11-9-,16-15-. The number of ether oxygens (including phenoxy) is 6. The van der Waals surface area contributed by atoms with Gasteiger partial charge in [-0.2, -0.15) is 0 Å². The van der Waals surface area contributed by atoms with Gasteiger partial charge in [-0.15, -0.1) is 0 Å².